The van der Waals surface area contributed by atoms with E-state index in [4.69, 9.17) is 10.00 Å². The average molecular weight is 221 g/mol. The maximum Gasteiger partial charge on any atom is 0.348 e. The van der Waals surface area contributed by atoms with Gasteiger partial charge in [-0.05, 0) is 38.2 Å². The fourth-order valence-electron chi connectivity index (χ4n) is 2.24. The quantitative estimate of drug-likeness (QED) is 0.418. The Hall–Kier alpha value is -1.30. The number of ether oxygens (including phenoxy) is 1. The first-order chi connectivity index (χ1) is 7.70. The van der Waals surface area contributed by atoms with E-state index >= 15 is 0 Å². The molecule has 0 N–H and O–H groups in total. The van der Waals surface area contributed by atoms with Crippen LogP contribution in [0.5, 0.6) is 0 Å². The molecule has 1 aliphatic carbocycles. The third kappa shape index (κ3) is 3.10. The number of nitrogens with zero attached hydrogens (tertiary/aromatic N) is 1. The molecule has 0 atom stereocenters. The van der Waals surface area contributed by atoms with Crippen molar-refractivity contribution in [3.05, 3.63) is 11.1 Å². The molecule has 1 fully saturated rings. The van der Waals surface area contributed by atoms with Crippen LogP contribution in [0.15, 0.2) is 11.1 Å². The van der Waals surface area contributed by atoms with Crippen LogP contribution >= 0.6 is 0 Å². The normalized spacial score (nSPS) is 18.6. The first-order valence-electron chi connectivity index (χ1n) is 5.98. The van der Waals surface area contributed by atoms with Crippen molar-refractivity contribution in [2.45, 2.75) is 46.0 Å². The van der Waals surface area contributed by atoms with Crippen LogP contribution in [0.2, 0.25) is 0 Å². The monoisotopic (exact) mass is 221 g/mol. The number of nitriles is 1. The molecule has 0 aromatic rings. The third-order valence-electron chi connectivity index (χ3n) is 3.20. The topological polar surface area (TPSA) is 50.1 Å². The van der Waals surface area contributed by atoms with E-state index in [1.807, 2.05) is 13.0 Å². The molecule has 0 bridgehead atoms. The highest BCUT2D eigenvalue weighted by molar-refractivity contribution is 5.93. The highest BCUT2D eigenvalue weighted by Gasteiger charge is 2.21. The van der Waals surface area contributed by atoms with Crippen LogP contribution in [0.25, 0.3) is 0 Å². The Balaban J connectivity index is 2.81. The van der Waals surface area contributed by atoms with Crippen LogP contribution in [-0.4, -0.2) is 12.6 Å². The summed E-state index contributed by atoms with van der Waals surface area (Å²) in [5, 5.41) is 9.02. The zero-order valence-electron chi connectivity index (χ0n) is 10.1. The molecule has 88 valence electrons. The van der Waals surface area contributed by atoms with E-state index in [0.29, 0.717) is 12.5 Å². The van der Waals surface area contributed by atoms with Gasteiger partial charge in [-0.3, -0.25) is 0 Å². The van der Waals surface area contributed by atoms with Crippen molar-refractivity contribution in [3.63, 3.8) is 0 Å². The molecule has 0 aliphatic heterocycles. The molecule has 0 aromatic heterocycles. The number of allylic oxidation sites excluding steroid dienone is 1. The predicted molar refractivity (Wildman–Crippen MR) is 61.5 cm³/mol. The zero-order valence-corrected chi connectivity index (χ0v) is 10.1. The van der Waals surface area contributed by atoms with Gasteiger partial charge in [0.1, 0.15) is 11.6 Å². The van der Waals surface area contributed by atoms with Gasteiger partial charge in [-0.1, -0.05) is 19.3 Å². The molecule has 1 saturated carbocycles. The lowest BCUT2D eigenvalue weighted by atomic mass is 9.82. The lowest BCUT2D eigenvalue weighted by Gasteiger charge is -2.22. The minimum Gasteiger partial charge on any atom is -0.462 e. The summed E-state index contributed by atoms with van der Waals surface area (Å²) in [6, 6.07) is 1.99. The van der Waals surface area contributed by atoms with Gasteiger partial charge in [0.15, 0.2) is 0 Å². The molecule has 0 aromatic carbocycles. The summed E-state index contributed by atoms with van der Waals surface area (Å²) in [5.41, 5.74) is 1.13. The van der Waals surface area contributed by atoms with Crippen LogP contribution in [0, 0.1) is 17.2 Å². The second kappa shape index (κ2) is 6.32. The molecule has 0 saturated heterocycles. The van der Waals surface area contributed by atoms with Gasteiger partial charge >= 0.3 is 5.97 Å². The first kappa shape index (κ1) is 12.8. The van der Waals surface area contributed by atoms with Gasteiger partial charge in [0.05, 0.1) is 6.61 Å². The molecule has 0 heterocycles. The van der Waals surface area contributed by atoms with Gasteiger partial charge in [0.2, 0.25) is 0 Å². The lowest BCUT2D eigenvalue weighted by molar-refractivity contribution is -0.138. The Morgan fingerprint density at radius 1 is 1.38 bits per heavy atom. The summed E-state index contributed by atoms with van der Waals surface area (Å²) in [7, 11) is 0. The number of carbonyl (C=O) groups excluding carboxylic acids is 1. The molecule has 1 rings (SSSR count). The number of carbonyl (C=O) groups is 1. The van der Waals surface area contributed by atoms with Crippen molar-refractivity contribution in [2.75, 3.05) is 6.61 Å². The highest BCUT2D eigenvalue weighted by atomic mass is 16.5. The maximum atomic E-state index is 11.6. The Kier molecular flexibility index (Phi) is 5.04. The van der Waals surface area contributed by atoms with E-state index in [-0.39, 0.29) is 5.57 Å². The minimum atomic E-state index is -0.465. The summed E-state index contributed by atoms with van der Waals surface area (Å²) in [4.78, 5) is 11.6. The van der Waals surface area contributed by atoms with Crippen molar-refractivity contribution in [3.8, 4) is 6.07 Å². The summed E-state index contributed by atoms with van der Waals surface area (Å²) in [6.45, 7) is 3.97. The smallest absolute Gasteiger partial charge is 0.348 e. The average Bonchev–Trinajstić information content (AvgIpc) is 2.31. The second-order valence-electron chi connectivity index (χ2n) is 4.23. The predicted octanol–water partition coefficient (Wildman–Crippen LogP) is 2.97. The van der Waals surface area contributed by atoms with Crippen molar-refractivity contribution < 1.29 is 9.53 Å². The molecular formula is C13H19NO2. The van der Waals surface area contributed by atoms with Gasteiger partial charge in [-0.2, -0.15) is 5.26 Å². The lowest BCUT2D eigenvalue weighted by Crippen LogP contribution is -2.14. The summed E-state index contributed by atoms with van der Waals surface area (Å²) in [6.07, 6.45) is 5.85. The summed E-state index contributed by atoms with van der Waals surface area (Å²) < 4.78 is 4.89. The molecular weight excluding hydrogens is 202 g/mol. The SMILES string of the molecule is CCOC(=O)/C(C#N)=C(/C)C1CCCCC1. The molecule has 0 unspecified atom stereocenters. The van der Waals surface area contributed by atoms with E-state index in [1.165, 1.54) is 19.3 Å². The molecule has 3 heteroatoms. The van der Waals surface area contributed by atoms with Crippen molar-refractivity contribution >= 4 is 5.97 Å². The molecule has 0 amide bonds. The zero-order chi connectivity index (χ0) is 12.0. The van der Waals surface area contributed by atoms with E-state index in [1.54, 1.807) is 6.92 Å². The number of esters is 1. The van der Waals surface area contributed by atoms with E-state index in [9.17, 15) is 4.79 Å². The first-order valence-corrected chi connectivity index (χ1v) is 5.98. The molecule has 0 radical (unpaired) electrons. The van der Waals surface area contributed by atoms with Gasteiger partial charge in [-0.25, -0.2) is 4.79 Å². The van der Waals surface area contributed by atoms with Gasteiger partial charge in [0.25, 0.3) is 0 Å². The van der Waals surface area contributed by atoms with Crippen LogP contribution in [0.3, 0.4) is 0 Å². The van der Waals surface area contributed by atoms with Gasteiger partial charge in [0, 0.05) is 0 Å². The standard InChI is InChI=1S/C13H19NO2/c1-3-16-13(15)12(9-14)10(2)11-7-5-4-6-8-11/h11H,3-8H2,1-2H3/b12-10-. The highest BCUT2D eigenvalue weighted by Crippen LogP contribution is 2.31. The van der Waals surface area contributed by atoms with Crippen molar-refractivity contribution in [1.29, 1.82) is 5.26 Å². The Morgan fingerprint density at radius 2 is 2.00 bits per heavy atom. The molecule has 0 spiro atoms. The fraction of sp³-hybridized carbons (Fsp3) is 0.692. The molecule has 1 aliphatic rings. The number of rotatable bonds is 3. The number of hydrogen-bond donors (Lipinski definition) is 0. The number of hydrogen-bond acceptors (Lipinski definition) is 3. The van der Waals surface area contributed by atoms with E-state index in [2.05, 4.69) is 0 Å². The van der Waals surface area contributed by atoms with E-state index in [0.717, 1.165) is 18.4 Å². The summed E-state index contributed by atoms with van der Waals surface area (Å²) >= 11 is 0. The van der Waals surface area contributed by atoms with Gasteiger partial charge < -0.3 is 4.74 Å². The molecule has 3 nitrogen and oxygen atoms in total. The van der Waals surface area contributed by atoms with Crippen molar-refractivity contribution in [1.82, 2.24) is 0 Å². The Labute approximate surface area is 97.1 Å². The van der Waals surface area contributed by atoms with Crippen LogP contribution < -0.4 is 0 Å². The summed E-state index contributed by atoms with van der Waals surface area (Å²) in [5.74, 6) is -0.0686. The van der Waals surface area contributed by atoms with Crippen LogP contribution in [0.1, 0.15) is 46.0 Å². The van der Waals surface area contributed by atoms with Crippen LogP contribution in [0.4, 0.5) is 0 Å². The second-order valence-corrected chi connectivity index (χ2v) is 4.23. The maximum absolute atomic E-state index is 11.6. The fourth-order valence-corrected chi connectivity index (χ4v) is 2.24. The Morgan fingerprint density at radius 3 is 2.50 bits per heavy atom. The van der Waals surface area contributed by atoms with Gasteiger partial charge in [-0.15, -0.1) is 0 Å². The largest absolute Gasteiger partial charge is 0.462 e. The van der Waals surface area contributed by atoms with E-state index < -0.39 is 5.97 Å². The Bertz CT molecular complexity index is 319. The van der Waals surface area contributed by atoms with Crippen molar-refractivity contribution in [2.24, 2.45) is 5.92 Å². The van der Waals surface area contributed by atoms with Crippen LogP contribution in [-0.2, 0) is 9.53 Å². The third-order valence-corrected chi connectivity index (χ3v) is 3.20. The minimum absolute atomic E-state index is 0.216. The molecule has 16 heavy (non-hydrogen) atoms.